The molecule has 1 saturated carbocycles. The van der Waals surface area contributed by atoms with E-state index in [1.54, 1.807) is 6.42 Å². The first-order valence-electron chi connectivity index (χ1n) is 2.87. The maximum atomic E-state index is 12.1. The Hall–Kier alpha value is -0.0700. The summed E-state index contributed by atoms with van der Waals surface area (Å²) < 4.78 is 12.1. The zero-order chi connectivity index (χ0) is 5.11. The maximum Gasteiger partial charge on any atom is 0.103 e. The van der Waals surface area contributed by atoms with E-state index in [1.807, 2.05) is 0 Å². The summed E-state index contributed by atoms with van der Waals surface area (Å²) in [7, 11) is 0. The normalized spacial score (nSPS) is 25.3. The molecule has 1 radical (unpaired) electrons. The van der Waals surface area contributed by atoms with Gasteiger partial charge in [-0.2, -0.15) is 0 Å². The van der Waals surface area contributed by atoms with Crippen LogP contribution in [0.5, 0.6) is 0 Å². The van der Waals surface area contributed by atoms with Gasteiger partial charge in [0.2, 0.25) is 0 Å². The van der Waals surface area contributed by atoms with E-state index in [9.17, 15) is 4.39 Å². The molecule has 0 unspecified atom stereocenters. The molecule has 1 heteroatoms. The van der Waals surface area contributed by atoms with Crippen LogP contribution in [0, 0.1) is 6.42 Å². The van der Waals surface area contributed by atoms with Gasteiger partial charge in [0.05, 0.1) is 0 Å². The predicted octanol–water partition coefficient (Wildman–Crippen LogP) is 2.10. The summed E-state index contributed by atoms with van der Waals surface area (Å²) in [5, 5.41) is 0. The highest BCUT2D eigenvalue weighted by molar-refractivity contribution is 4.79. The van der Waals surface area contributed by atoms with Gasteiger partial charge in [-0.1, -0.05) is 12.8 Å². The van der Waals surface area contributed by atoms with Crippen molar-refractivity contribution < 1.29 is 4.39 Å². The van der Waals surface area contributed by atoms with E-state index >= 15 is 0 Å². The molecule has 0 saturated heterocycles. The lowest BCUT2D eigenvalue weighted by atomic mass is 9.99. The lowest BCUT2D eigenvalue weighted by Crippen LogP contribution is -2.05. The van der Waals surface area contributed by atoms with Crippen LogP contribution in [-0.4, -0.2) is 6.17 Å². The van der Waals surface area contributed by atoms with E-state index in [0.717, 1.165) is 19.3 Å². The summed E-state index contributed by atoms with van der Waals surface area (Å²) in [5.41, 5.74) is 0. The second kappa shape index (κ2) is 2.29. The van der Waals surface area contributed by atoms with Crippen LogP contribution in [0.3, 0.4) is 0 Å². The van der Waals surface area contributed by atoms with Crippen LogP contribution >= 0.6 is 0 Å². The molecule has 0 aromatic rings. The molecule has 0 aromatic carbocycles. The fourth-order valence-electron chi connectivity index (χ4n) is 0.900. The minimum absolute atomic E-state index is 0.589. The Morgan fingerprint density at radius 3 is 2.57 bits per heavy atom. The molecule has 0 nitrogen and oxygen atoms in total. The Morgan fingerprint density at radius 1 is 1.43 bits per heavy atom. The molecule has 1 aliphatic carbocycles. The van der Waals surface area contributed by atoms with E-state index in [-0.39, 0.29) is 0 Å². The van der Waals surface area contributed by atoms with Crippen molar-refractivity contribution in [2.45, 2.75) is 31.9 Å². The average molecular weight is 101 g/mol. The van der Waals surface area contributed by atoms with Crippen LogP contribution in [-0.2, 0) is 0 Å². The summed E-state index contributed by atoms with van der Waals surface area (Å²) in [6.45, 7) is 0. The van der Waals surface area contributed by atoms with Crippen molar-refractivity contribution in [3.05, 3.63) is 6.42 Å². The first-order valence-corrected chi connectivity index (χ1v) is 2.87. The monoisotopic (exact) mass is 101 g/mol. The lowest BCUT2D eigenvalue weighted by molar-refractivity contribution is 0.312. The minimum atomic E-state index is -0.589. The van der Waals surface area contributed by atoms with Gasteiger partial charge < -0.3 is 0 Å². The fourth-order valence-corrected chi connectivity index (χ4v) is 0.900. The van der Waals surface area contributed by atoms with Crippen LogP contribution in [0.1, 0.15) is 25.7 Å². The maximum absolute atomic E-state index is 12.1. The van der Waals surface area contributed by atoms with Gasteiger partial charge in [-0.15, -0.1) is 0 Å². The van der Waals surface area contributed by atoms with Crippen molar-refractivity contribution in [2.24, 2.45) is 0 Å². The Labute approximate surface area is 43.7 Å². The second-order valence-corrected chi connectivity index (χ2v) is 2.04. The Bertz CT molecular complexity index is 46.1. The van der Waals surface area contributed by atoms with Gasteiger partial charge in [-0.25, -0.2) is 4.39 Å². The van der Waals surface area contributed by atoms with E-state index in [2.05, 4.69) is 0 Å². The van der Waals surface area contributed by atoms with Gasteiger partial charge in [0.25, 0.3) is 0 Å². The third kappa shape index (κ3) is 1.46. The molecule has 0 aliphatic heterocycles. The fraction of sp³-hybridized carbons (Fsp3) is 0.833. The molecule has 0 aromatic heterocycles. The van der Waals surface area contributed by atoms with Crippen LogP contribution in [0.15, 0.2) is 0 Å². The van der Waals surface area contributed by atoms with Gasteiger partial charge >= 0.3 is 0 Å². The summed E-state index contributed by atoms with van der Waals surface area (Å²) in [6.07, 6.45) is 5.21. The molecule has 1 rings (SSSR count). The molecule has 0 N–H and O–H groups in total. The Balaban J connectivity index is 2.12. The molecule has 0 bridgehead atoms. The van der Waals surface area contributed by atoms with Gasteiger partial charge in [0.15, 0.2) is 0 Å². The quantitative estimate of drug-likeness (QED) is 0.438. The van der Waals surface area contributed by atoms with Gasteiger partial charge in [-0.05, 0) is 19.3 Å². The smallest absolute Gasteiger partial charge is 0.103 e. The number of alkyl halides is 1. The third-order valence-electron chi connectivity index (χ3n) is 1.36. The highest BCUT2D eigenvalue weighted by atomic mass is 19.1. The first-order chi connectivity index (χ1) is 3.39. The van der Waals surface area contributed by atoms with E-state index in [0.29, 0.717) is 0 Å². The Morgan fingerprint density at radius 2 is 2.29 bits per heavy atom. The minimum Gasteiger partial charge on any atom is -0.247 e. The summed E-state index contributed by atoms with van der Waals surface area (Å²) in [4.78, 5) is 0. The SMILES string of the molecule is F[C@@H]1[CH]CCCC1. The van der Waals surface area contributed by atoms with Gasteiger partial charge in [0, 0.05) is 0 Å². The topological polar surface area (TPSA) is 0 Å². The van der Waals surface area contributed by atoms with Crippen molar-refractivity contribution in [1.29, 1.82) is 0 Å². The third-order valence-corrected chi connectivity index (χ3v) is 1.36. The number of halogens is 1. The van der Waals surface area contributed by atoms with Gasteiger partial charge in [-0.3, -0.25) is 0 Å². The average Bonchev–Trinajstić information content (AvgIpc) is 1.69. The van der Waals surface area contributed by atoms with Crippen molar-refractivity contribution in [3.63, 3.8) is 0 Å². The number of rotatable bonds is 0. The molecular weight excluding hydrogens is 91.1 g/mol. The summed E-state index contributed by atoms with van der Waals surface area (Å²) in [5.74, 6) is 0. The lowest BCUT2D eigenvalue weighted by Gasteiger charge is -2.11. The zero-order valence-corrected chi connectivity index (χ0v) is 4.36. The molecule has 0 amide bonds. The highest BCUT2D eigenvalue weighted by Crippen LogP contribution is 2.18. The van der Waals surface area contributed by atoms with E-state index in [4.69, 9.17) is 0 Å². The molecule has 1 atom stereocenters. The number of hydrogen-bond donors (Lipinski definition) is 0. The van der Waals surface area contributed by atoms with Gasteiger partial charge in [0.1, 0.15) is 6.17 Å². The van der Waals surface area contributed by atoms with Crippen LogP contribution in [0.4, 0.5) is 4.39 Å². The molecule has 0 heterocycles. The molecule has 1 aliphatic rings. The van der Waals surface area contributed by atoms with Crippen LogP contribution in [0.25, 0.3) is 0 Å². The Kier molecular flexibility index (Phi) is 1.66. The molecule has 7 heavy (non-hydrogen) atoms. The van der Waals surface area contributed by atoms with Crippen molar-refractivity contribution in [1.82, 2.24) is 0 Å². The van der Waals surface area contributed by atoms with E-state index < -0.39 is 6.17 Å². The largest absolute Gasteiger partial charge is 0.247 e. The van der Waals surface area contributed by atoms with Crippen molar-refractivity contribution in [2.75, 3.05) is 0 Å². The molecule has 0 spiro atoms. The summed E-state index contributed by atoms with van der Waals surface area (Å²) in [6, 6.07) is 0. The summed E-state index contributed by atoms with van der Waals surface area (Å²) >= 11 is 0. The van der Waals surface area contributed by atoms with Crippen LogP contribution in [0.2, 0.25) is 0 Å². The zero-order valence-electron chi connectivity index (χ0n) is 4.36. The molecule has 41 valence electrons. The standard InChI is InChI=1S/C6H10F/c7-6-4-2-1-3-5-6/h4,6H,1-3,5H2/t6-/m1/s1. The van der Waals surface area contributed by atoms with Crippen molar-refractivity contribution >= 4 is 0 Å². The predicted molar refractivity (Wildman–Crippen MR) is 27.7 cm³/mol. The number of hydrogen-bond acceptors (Lipinski definition) is 0. The second-order valence-electron chi connectivity index (χ2n) is 2.04. The van der Waals surface area contributed by atoms with Crippen molar-refractivity contribution in [3.8, 4) is 0 Å². The highest BCUT2D eigenvalue weighted by Gasteiger charge is 2.10. The van der Waals surface area contributed by atoms with Crippen LogP contribution < -0.4 is 0 Å². The molecular formula is C6H10F. The molecule has 1 fully saturated rings. The first kappa shape index (κ1) is 5.07. The van der Waals surface area contributed by atoms with E-state index in [1.165, 1.54) is 6.42 Å².